The Hall–Kier alpha value is -0.610. The number of hydrogen-bond donors (Lipinski definition) is 1. The van der Waals surface area contributed by atoms with E-state index < -0.39 is 0 Å². The number of amides is 1. The molecule has 4 nitrogen and oxygen atoms in total. The Morgan fingerprint density at radius 2 is 2.00 bits per heavy atom. The van der Waals surface area contributed by atoms with Crippen LogP contribution in [0.3, 0.4) is 0 Å². The standard InChI is InChI=1S/C11H22N2O2/c1-8(2)10-11(15)12(4)5-6-13(10)7-9(3)14/h8-10,14H,5-7H2,1-4H3. The van der Waals surface area contributed by atoms with Crippen LogP contribution in [-0.2, 0) is 4.79 Å². The number of β-amino-alcohol motifs (C(OH)–C–C–N with tert-alkyl or cyclic N) is 1. The molecule has 1 amide bonds. The van der Waals surface area contributed by atoms with Crippen LogP contribution in [0, 0.1) is 5.92 Å². The molecule has 4 heteroatoms. The van der Waals surface area contributed by atoms with Gasteiger partial charge in [0.1, 0.15) is 0 Å². The summed E-state index contributed by atoms with van der Waals surface area (Å²) < 4.78 is 0. The minimum Gasteiger partial charge on any atom is -0.392 e. The molecule has 15 heavy (non-hydrogen) atoms. The second-order valence-electron chi connectivity index (χ2n) is 4.79. The first-order valence-electron chi connectivity index (χ1n) is 5.60. The molecule has 0 aromatic carbocycles. The molecule has 0 saturated carbocycles. The van der Waals surface area contributed by atoms with Gasteiger partial charge < -0.3 is 10.0 Å². The molecule has 1 fully saturated rings. The van der Waals surface area contributed by atoms with Gasteiger partial charge in [0.05, 0.1) is 12.1 Å². The number of likely N-dealkylation sites (N-methyl/N-ethyl adjacent to an activating group) is 1. The highest BCUT2D eigenvalue weighted by Gasteiger charge is 2.35. The van der Waals surface area contributed by atoms with Gasteiger partial charge in [-0.15, -0.1) is 0 Å². The van der Waals surface area contributed by atoms with Crippen LogP contribution in [0.4, 0.5) is 0 Å². The summed E-state index contributed by atoms with van der Waals surface area (Å²) in [7, 11) is 1.84. The summed E-state index contributed by atoms with van der Waals surface area (Å²) in [6.07, 6.45) is -0.373. The van der Waals surface area contributed by atoms with Gasteiger partial charge in [-0.25, -0.2) is 0 Å². The van der Waals surface area contributed by atoms with Gasteiger partial charge in [-0.2, -0.15) is 0 Å². The molecular formula is C11H22N2O2. The number of hydrogen-bond acceptors (Lipinski definition) is 3. The average Bonchev–Trinajstić information content (AvgIpc) is 2.10. The number of carbonyl (C=O) groups is 1. The van der Waals surface area contributed by atoms with Gasteiger partial charge in [0.2, 0.25) is 5.91 Å². The topological polar surface area (TPSA) is 43.8 Å². The number of aliphatic hydroxyl groups excluding tert-OH is 1. The van der Waals surface area contributed by atoms with Crippen molar-refractivity contribution in [3.63, 3.8) is 0 Å². The molecule has 0 bridgehead atoms. The van der Waals surface area contributed by atoms with Crippen LogP contribution in [0.2, 0.25) is 0 Å². The van der Waals surface area contributed by atoms with E-state index in [1.165, 1.54) is 0 Å². The van der Waals surface area contributed by atoms with Crippen LogP contribution in [-0.4, -0.2) is 59.6 Å². The molecular weight excluding hydrogens is 192 g/mol. The van der Waals surface area contributed by atoms with Crippen LogP contribution in [0.15, 0.2) is 0 Å². The monoisotopic (exact) mass is 214 g/mol. The zero-order chi connectivity index (χ0) is 11.6. The first-order chi connectivity index (χ1) is 6.93. The zero-order valence-corrected chi connectivity index (χ0v) is 10.1. The van der Waals surface area contributed by atoms with Gasteiger partial charge in [0.25, 0.3) is 0 Å². The van der Waals surface area contributed by atoms with Crippen molar-refractivity contribution in [1.29, 1.82) is 0 Å². The molecule has 1 N–H and O–H groups in total. The predicted octanol–water partition coefficient (Wildman–Crippen LogP) is 0.166. The van der Waals surface area contributed by atoms with Crippen molar-refractivity contribution in [2.24, 2.45) is 5.92 Å². The van der Waals surface area contributed by atoms with Crippen LogP contribution in [0.25, 0.3) is 0 Å². The van der Waals surface area contributed by atoms with E-state index in [9.17, 15) is 9.90 Å². The van der Waals surface area contributed by atoms with E-state index in [0.717, 1.165) is 13.1 Å². The Morgan fingerprint density at radius 1 is 1.40 bits per heavy atom. The molecule has 0 aromatic heterocycles. The lowest BCUT2D eigenvalue weighted by Gasteiger charge is -2.41. The van der Waals surface area contributed by atoms with Gasteiger partial charge in [-0.3, -0.25) is 9.69 Å². The van der Waals surface area contributed by atoms with Crippen LogP contribution in [0.1, 0.15) is 20.8 Å². The third-order valence-electron chi connectivity index (χ3n) is 2.88. The van der Waals surface area contributed by atoms with Crippen molar-refractivity contribution in [2.45, 2.75) is 32.9 Å². The predicted molar refractivity (Wildman–Crippen MR) is 59.5 cm³/mol. The number of aliphatic hydroxyl groups is 1. The largest absolute Gasteiger partial charge is 0.392 e. The summed E-state index contributed by atoms with van der Waals surface area (Å²) in [5.74, 6) is 0.468. The fraction of sp³-hybridized carbons (Fsp3) is 0.909. The molecule has 0 radical (unpaired) electrons. The minimum absolute atomic E-state index is 0.0710. The third-order valence-corrected chi connectivity index (χ3v) is 2.88. The van der Waals surface area contributed by atoms with Crippen molar-refractivity contribution in [3.05, 3.63) is 0 Å². The number of nitrogens with zero attached hydrogens (tertiary/aromatic N) is 2. The van der Waals surface area contributed by atoms with E-state index in [1.807, 2.05) is 7.05 Å². The van der Waals surface area contributed by atoms with Crippen LogP contribution >= 0.6 is 0 Å². The van der Waals surface area contributed by atoms with Crippen molar-refractivity contribution >= 4 is 5.91 Å². The van der Waals surface area contributed by atoms with E-state index in [1.54, 1.807) is 11.8 Å². The van der Waals surface area contributed by atoms with Gasteiger partial charge in [0.15, 0.2) is 0 Å². The maximum Gasteiger partial charge on any atom is 0.239 e. The Morgan fingerprint density at radius 3 is 2.47 bits per heavy atom. The number of carbonyl (C=O) groups excluding carboxylic acids is 1. The zero-order valence-electron chi connectivity index (χ0n) is 10.1. The highest BCUT2D eigenvalue weighted by Crippen LogP contribution is 2.17. The summed E-state index contributed by atoms with van der Waals surface area (Å²) in [4.78, 5) is 15.8. The molecule has 1 aliphatic rings. The second kappa shape index (κ2) is 4.94. The summed E-state index contributed by atoms with van der Waals surface area (Å²) in [6.45, 7) is 8.07. The minimum atomic E-state index is -0.373. The van der Waals surface area contributed by atoms with Crippen molar-refractivity contribution in [2.75, 3.05) is 26.7 Å². The van der Waals surface area contributed by atoms with Gasteiger partial charge in [-0.1, -0.05) is 13.8 Å². The van der Waals surface area contributed by atoms with E-state index in [4.69, 9.17) is 0 Å². The number of piperazine rings is 1. The molecule has 2 atom stereocenters. The first kappa shape index (κ1) is 12.5. The maximum absolute atomic E-state index is 12.0. The van der Waals surface area contributed by atoms with Crippen LogP contribution in [0.5, 0.6) is 0 Å². The molecule has 2 unspecified atom stereocenters. The fourth-order valence-corrected chi connectivity index (χ4v) is 2.16. The Bertz CT molecular complexity index is 229. The van der Waals surface area contributed by atoms with Gasteiger partial charge in [-0.05, 0) is 12.8 Å². The Balaban J connectivity index is 2.73. The lowest BCUT2D eigenvalue weighted by atomic mass is 9.98. The molecule has 0 aliphatic carbocycles. The second-order valence-corrected chi connectivity index (χ2v) is 4.79. The molecule has 1 heterocycles. The van der Waals surface area contributed by atoms with Crippen molar-refractivity contribution < 1.29 is 9.90 Å². The average molecular weight is 214 g/mol. The van der Waals surface area contributed by atoms with E-state index in [2.05, 4.69) is 18.7 Å². The quantitative estimate of drug-likeness (QED) is 0.728. The highest BCUT2D eigenvalue weighted by molar-refractivity contribution is 5.82. The summed E-state index contributed by atoms with van der Waals surface area (Å²) in [6, 6.07) is -0.0710. The lowest BCUT2D eigenvalue weighted by Crippen LogP contribution is -2.58. The van der Waals surface area contributed by atoms with Crippen molar-refractivity contribution in [3.8, 4) is 0 Å². The van der Waals surface area contributed by atoms with Crippen LogP contribution < -0.4 is 0 Å². The molecule has 88 valence electrons. The smallest absolute Gasteiger partial charge is 0.239 e. The SMILES string of the molecule is CC(O)CN1CCN(C)C(=O)C1C(C)C. The number of rotatable bonds is 3. The molecule has 1 saturated heterocycles. The van der Waals surface area contributed by atoms with Gasteiger partial charge in [0, 0.05) is 26.7 Å². The van der Waals surface area contributed by atoms with Gasteiger partial charge >= 0.3 is 0 Å². The van der Waals surface area contributed by atoms with E-state index >= 15 is 0 Å². The molecule has 1 aliphatic heterocycles. The molecule has 0 aromatic rings. The Labute approximate surface area is 91.9 Å². The summed E-state index contributed by atoms with van der Waals surface area (Å²) in [5.41, 5.74) is 0. The normalized spacial score (nSPS) is 26.1. The maximum atomic E-state index is 12.0. The summed E-state index contributed by atoms with van der Waals surface area (Å²) in [5, 5.41) is 9.39. The molecule has 1 rings (SSSR count). The summed E-state index contributed by atoms with van der Waals surface area (Å²) >= 11 is 0. The third kappa shape index (κ3) is 2.92. The molecule has 0 spiro atoms. The fourth-order valence-electron chi connectivity index (χ4n) is 2.16. The van der Waals surface area contributed by atoms with E-state index in [0.29, 0.717) is 12.5 Å². The van der Waals surface area contributed by atoms with Crippen molar-refractivity contribution in [1.82, 2.24) is 9.80 Å². The first-order valence-corrected chi connectivity index (χ1v) is 5.60. The highest BCUT2D eigenvalue weighted by atomic mass is 16.3. The Kier molecular flexibility index (Phi) is 4.11. The lowest BCUT2D eigenvalue weighted by molar-refractivity contribution is -0.143. The van der Waals surface area contributed by atoms with E-state index in [-0.39, 0.29) is 18.1 Å².